The van der Waals surface area contributed by atoms with Crippen molar-refractivity contribution in [3.05, 3.63) is 57.5 Å². The Labute approximate surface area is 135 Å². The lowest BCUT2D eigenvalue weighted by Gasteiger charge is -2.07. The first-order valence-corrected chi connectivity index (χ1v) is 7.51. The number of aromatic nitrogens is 1. The molecule has 21 heavy (non-hydrogen) atoms. The number of nitrogens with zero attached hydrogens (tertiary/aromatic N) is 1. The fraction of sp³-hybridized carbons (Fsp3) is 0.0625. The Morgan fingerprint density at radius 3 is 2.62 bits per heavy atom. The third-order valence-corrected chi connectivity index (χ3v) is 4.13. The first-order valence-electron chi connectivity index (χ1n) is 6.34. The van der Waals surface area contributed by atoms with Gasteiger partial charge in [-0.2, -0.15) is 0 Å². The molecule has 3 rings (SSSR count). The summed E-state index contributed by atoms with van der Waals surface area (Å²) in [6, 6.07) is 13.6. The zero-order valence-electron chi connectivity index (χ0n) is 11.2. The van der Waals surface area contributed by atoms with Gasteiger partial charge in [-0.3, -0.25) is 0 Å². The number of rotatable bonds is 2. The van der Waals surface area contributed by atoms with Gasteiger partial charge >= 0.3 is 0 Å². The molecule has 0 radical (unpaired) electrons. The highest BCUT2D eigenvalue weighted by molar-refractivity contribution is 9.10. The summed E-state index contributed by atoms with van der Waals surface area (Å²) in [5, 5.41) is 4.68. The summed E-state index contributed by atoms with van der Waals surface area (Å²) in [7, 11) is 0. The van der Waals surface area contributed by atoms with Gasteiger partial charge < -0.3 is 10.3 Å². The molecule has 0 fully saturated rings. The van der Waals surface area contributed by atoms with Crippen LogP contribution < -0.4 is 5.73 Å². The molecule has 1 aromatic heterocycles. The second-order valence-corrected chi connectivity index (χ2v) is 6.03. The Bertz CT molecular complexity index is 814. The van der Waals surface area contributed by atoms with Gasteiger partial charge in [-0.1, -0.05) is 63.0 Å². The minimum absolute atomic E-state index is 0.290. The standard InChI is InChI=1S/C16H12BrClN2O/c1-9-4-2-3-5-11(9)14-15(20-21-16(14)19)12-7-6-10(17)8-13(12)18/h2-8H,19H2,1H3. The van der Waals surface area contributed by atoms with Gasteiger partial charge in [-0.05, 0) is 30.2 Å². The highest BCUT2D eigenvalue weighted by atomic mass is 79.9. The predicted octanol–water partition coefficient (Wildman–Crippen LogP) is 5.32. The molecule has 0 amide bonds. The molecule has 0 saturated heterocycles. The van der Waals surface area contributed by atoms with Crippen molar-refractivity contribution in [1.82, 2.24) is 5.16 Å². The first-order chi connectivity index (χ1) is 10.1. The van der Waals surface area contributed by atoms with Crippen molar-refractivity contribution in [2.45, 2.75) is 6.92 Å². The number of hydrogen-bond acceptors (Lipinski definition) is 3. The molecule has 2 N–H and O–H groups in total. The van der Waals surface area contributed by atoms with Gasteiger partial charge in [0, 0.05) is 10.0 Å². The van der Waals surface area contributed by atoms with E-state index in [4.69, 9.17) is 21.9 Å². The van der Waals surface area contributed by atoms with Crippen molar-refractivity contribution in [2.75, 3.05) is 5.73 Å². The lowest BCUT2D eigenvalue weighted by molar-refractivity contribution is 0.439. The summed E-state index contributed by atoms with van der Waals surface area (Å²) in [5.74, 6) is 0.290. The van der Waals surface area contributed by atoms with E-state index in [1.165, 1.54) is 0 Å². The maximum Gasteiger partial charge on any atom is 0.230 e. The summed E-state index contributed by atoms with van der Waals surface area (Å²) < 4.78 is 6.11. The van der Waals surface area contributed by atoms with Gasteiger partial charge in [-0.25, -0.2) is 0 Å². The van der Waals surface area contributed by atoms with Gasteiger partial charge in [0.05, 0.1) is 10.6 Å². The molecule has 3 aromatic rings. The molecule has 0 spiro atoms. The van der Waals surface area contributed by atoms with Crippen LogP contribution in [0.5, 0.6) is 0 Å². The van der Waals surface area contributed by atoms with Crippen LogP contribution in [-0.2, 0) is 0 Å². The zero-order chi connectivity index (χ0) is 15.0. The monoisotopic (exact) mass is 362 g/mol. The molecule has 0 aliphatic carbocycles. The average molecular weight is 364 g/mol. The van der Waals surface area contributed by atoms with Crippen LogP contribution in [-0.4, -0.2) is 5.16 Å². The lowest BCUT2D eigenvalue weighted by Crippen LogP contribution is -1.90. The molecule has 0 bridgehead atoms. The molecule has 2 aromatic carbocycles. The summed E-state index contributed by atoms with van der Waals surface area (Å²) in [6.45, 7) is 2.02. The SMILES string of the molecule is Cc1ccccc1-c1c(-c2ccc(Br)cc2Cl)noc1N. The van der Waals surface area contributed by atoms with Crippen molar-refractivity contribution in [1.29, 1.82) is 0 Å². The minimum Gasteiger partial charge on any atom is -0.367 e. The lowest BCUT2D eigenvalue weighted by atomic mass is 9.97. The van der Waals surface area contributed by atoms with E-state index in [1.807, 2.05) is 49.4 Å². The fourth-order valence-corrected chi connectivity index (χ4v) is 3.04. The van der Waals surface area contributed by atoms with Crippen molar-refractivity contribution in [3.8, 4) is 22.4 Å². The number of hydrogen-bond donors (Lipinski definition) is 1. The quantitative estimate of drug-likeness (QED) is 0.671. The number of halogens is 2. The van der Waals surface area contributed by atoms with Gasteiger partial charge in [0.15, 0.2) is 0 Å². The van der Waals surface area contributed by atoms with Crippen LogP contribution >= 0.6 is 27.5 Å². The van der Waals surface area contributed by atoms with Crippen molar-refractivity contribution in [3.63, 3.8) is 0 Å². The first kappa shape index (κ1) is 14.2. The van der Waals surface area contributed by atoms with Gasteiger partial charge in [0.1, 0.15) is 5.69 Å². The largest absolute Gasteiger partial charge is 0.367 e. The van der Waals surface area contributed by atoms with Crippen LogP contribution in [0.3, 0.4) is 0 Å². The Balaban J connectivity index is 2.25. The normalized spacial score (nSPS) is 10.8. The molecule has 0 saturated carbocycles. The molecule has 0 atom stereocenters. The van der Waals surface area contributed by atoms with E-state index in [0.29, 0.717) is 16.6 Å². The second kappa shape index (κ2) is 5.54. The summed E-state index contributed by atoms with van der Waals surface area (Å²) in [4.78, 5) is 0. The third-order valence-electron chi connectivity index (χ3n) is 3.32. The minimum atomic E-state index is 0.290. The van der Waals surface area contributed by atoms with E-state index < -0.39 is 0 Å². The van der Waals surface area contributed by atoms with E-state index in [2.05, 4.69) is 21.1 Å². The summed E-state index contributed by atoms with van der Waals surface area (Å²) in [6.07, 6.45) is 0. The number of nitrogens with two attached hydrogens (primary N) is 1. The Kier molecular flexibility index (Phi) is 3.74. The number of benzene rings is 2. The molecule has 5 heteroatoms. The fourth-order valence-electron chi connectivity index (χ4n) is 2.28. The van der Waals surface area contributed by atoms with Crippen LogP contribution in [0.15, 0.2) is 51.5 Å². The van der Waals surface area contributed by atoms with E-state index in [1.54, 1.807) is 0 Å². The number of nitrogen functional groups attached to an aromatic ring is 1. The van der Waals surface area contributed by atoms with E-state index >= 15 is 0 Å². The van der Waals surface area contributed by atoms with Gasteiger partial charge in [0.2, 0.25) is 5.88 Å². The van der Waals surface area contributed by atoms with Crippen LogP contribution in [0.4, 0.5) is 5.88 Å². The van der Waals surface area contributed by atoms with Crippen molar-refractivity contribution >= 4 is 33.4 Å². The molecule has 0 aliphatic rings. The van der Waals surface area contributed by atoms with E-state index in [-0.39, 0.29) is 0 Å². The second-order valence-electron chi connectivity index (χ2n) is 4.71. The molecule has 3 nitrogen and oxygen atoms in total. The molecule has 1 heterocycles. The maximum absolute atomic E-state index is 6.32. The van der Waals surface area contributed by atoms with E-state index in [9.17, 15) is 0 Å². The smallest absolute Gasteiger partial charge is 0.230 e. The Morgan fingerprint density at radius 2 is 1.90 bits per heavy atom. The molecule has 106 valence electrons. The number of aryl methyl sites for hydroxylation is 1. The van der Waals surface area contributed by atoms with Crippen molar-refractivity contribution < 1.29 is 4.52 Å². The average Bonchev–Trinajstić information content (AvgIpc) is 2.81. The predicted molar refractivity (Wildman–Crippen MR) is 89.2 cm³/mol. The Hall–Kier alpha value is -1.78. The third kappa shape index (κ3) is 2.57. The van der Waals surface area contributed by atoms with Crippen LogP contribution in [0.2, 0.25) is 5.02 Å². The van der Waals surface area contributed by atoms with Crippen LogP contribution in [0.25, 0.3) is 22.4 Å². The van der Waals surface area contributed by atoms with Crippen molar-refractivity contribution in [2.24, 2.45) is 0 Å². The topological polar surface area (TPSA) is 52.0 Å². The summed E-state index contributed by atoms with van der Waals surface area (Å²) >= 11 is 9.72. The molecule has 0 unspecified atom stereocenters. The molecular formula is C16H12BrClN2O. The van der Waals surface area contributed by atoms with Gasteiger partial charge in [-0.15, -0.1) is 0 Å². The van der Waals surface area contributed by atoms with E-state index in [0.717, 1.165) is 26.7 Å². The Morgan fingerprint density at radius 1 is 1.14 bits per heavy atom. The van der Waals surface area contributed by atoms with Gasteiger partial charge in [0.25, 0.3) is 0 Å². The zero-order valence-corrected chi connectivity index (χ0v) is 13.6. The highest BCUT2D eigenvalue weighted by Gasteiger charge is 2.20. The van der Waals surface area contributed by atoms with Crippen LogP contribution in [0.1, 0.15) is 5.56 Å². The molecule has 0 aliphatic heterocycles. The maximum atomic E-state index is 6.32. The molecular weight excluding hydrogens is 352 g/mol. The van der Waals surface area contributed by atoms with Crippen LogP contribution in [0, 0.1) is 6.92 Å². The number of anilines is 1. The summed E-state index contributed by atoms with van der Waals surface area (Å²) in [5.41, 5.74) is 10.3. The highest BCUT2D eigenvalue weighted by Crippen LogP contribution is 2.40.